The van der Waals surface area contributed by atoms with Gasteiger partial charge in [0, 0.05) is 7.05 Å². The maximum Gasteiger partial charge on any atom is 0.330 e. The van der Waals surface area contributed by atoms with Gasteiger partial charge in [0.1, 0.15) is 11.6 Å². The van der Waals surface area contributed by atoms with E-state index in [1.165, 1.54) is 12.1 Å². The second kappa shape index (κ2) is 6.34. The molecule has 0 fully saturated rings. The van der Waals surface area contributed by atoms with Crippen LogP contribution in [0.2, 0.25) is 0 Å². The Hall–Kier alpha value is -2.44. The molecular formula is C14H17FN4O2. The third kappa shape index (κ3) is 4.01. The Morgan fingerprint density at radius 1 is 1.14 bits per heavy atom. The van der Waals surface area contributed by atoms with Crippen LogP contribution in [0.1, 0.15) is 19.4 Å². The summed E-state index contributed by atoms with van der Waals surface area (Å²) in [6.45, 7) is 5.39. The molecule has 0 unspecified atom stereocenters. The van der Waals surface area contributed by atoms with E-state index in [1.807, 2.05) is 13.8 Å². The Morgan fingerprint density at radius 3 is 2.48 bits per heavy atom. The molecule has 1 aromatic heterocycles. The molecule has 112 valence electrons. The van der Waals surface area contributed by atoms with Gasteiger partial charge in [-0.25, -0.2) is 4.39 Å². The van der Waals surface area contributed by atoms with Crippen molar-refractivity contribution in [3.8, 4) is 17.8 Å². The summed E-state index contributed by atoms with van der Waals surface area (Å²) in [5.41, 5.74) is 0.481. The van der Waals surface area contributed by atoms with E-state index in [9.17, 15) is 4.39 Å². The Bertz CT molecular complexity index is 634. The first kappa shape index (κ1) is 15.0. The number of nitrogens with one attached hydrogen (secondary N) is 1. The van der Waals surface area contributed by atoms with Gasteiger partial charge in [0.25, 0.3) is 0 Å². The fourth-order valence-corrected chi connectivity index (χ4v) is 1.55. The van der Waals surface area contributed by atoms with Crippen LogP contribution >= 0.6 is 0 Å². The van der Waals surface area contributed by atoms with Gasteiger partial charge in [0.05, 0.1) is 6.10 Å². The number of benzene rings is 1. The molecule has 2 aromatic rings. The molecule has 0 saturated carbocycles. The van der Waals surface area contributed by atoms with Crippen LogP contribution in [-0.4, -0.2) is 28.1 Å². The topological polar surface area (TPSA) is 69.2 Å². The van der Waals surface area contributed by atoms with Crippen molar-refractivity contribution in [2.45, 2.75) is 26.9 Å². The minimum absolute atomic E-state index is 0.0713. The Balaban J connectivity index is 2.27. The molecule has 0 aliphatic rings. The van der Waals surface area contributed by atoms with Gasteiger partial charge in [0.15, 0.2) is 0 Å². The molecule has 1 N–H and O–H groups in total. The van der Waals surface area contributed by atoms with Gasteiger partial charge in [-0.1, -0.05) is 0 Å². The zero-order valence-electron chi connectivity index (χ0n) is 12.3. The summed E-state index contributed by atoms with van der Waals surface area (Å²) in [5, 5.41) is 2.81. The molecule has 0 saturated heterocycles. The lowest BCUT2D eigenvalue weighted by molar-refractivity contribution is 0.218. The van der Waals surface area contributed by atoms with Crippen LogP contribution in [0.4, 0.5) is 10.3 Å². The highest BCUT2D eigenvalue weighted by Gasteiger charge is 2.10. The first-order valence-corrected chi connectivity index (χ1v) is 6.52. The van der Waals surface area contributed by atoms with Crippen molar-refractivity contribution < 1.29 is 13.9 Å². The smallest absolute Gasteiger partial charge is 0.330 e. The largest absolute Gasteiger partial charge is 0.461 e. The van der Waals surface area contributed by atoms with E-state index in [4.69, 9.17) is 9.47 Å². The van der Waals surface area contributed by atoms with Crippen molar-refractivity contribution in [2.24, 2.45) is 0 Å². The first-order valence-electron chi connectivity index (χ1n) is 6.52. The average Bonchev–Trinajstić information content (AvgIpc) is 2.42. The molecule has 0 amide bonds. The van der Waals surface area contributed by atoms with E-state index in [2.05, 4.69) is 20.3 Å². The van der Waals surface area contributed by atoms with E-state index < -0.39 is 0 Å². The van der Waals surface area contributed by atoms with Crippen LogP contribution in [0.5, 0.6) is 17.8 Å². The fourth-order valence-electron chi connectivity index (χ4n) is 1.55. The number of aromatic nitrogens is 3. The van der Waals surface area contributed by atoms with Crippen LogP contribution in [0.15, 0.2) is 18.2 Å². The summed E-state index contributed by atoms with van der Waals surface area (Å²) >= 11 is 0. The molecule has 0 spiro atoms. The van der Waals surface area contributed by atoms with Crippen LogP contribution in [0, 0.1) is 12.7 Å². The monoisotopic (exact) mass is 292 g/mol. The van der Waals surface area contributed by atoms with Crippen molar-refractivity contribution >= 4 is 5.95 Å². The summed E-state index contributed by atoms with van der Waals surface area (Å²) in [4.78, 5) is 12.2. The predicted molar refractivity (Wildman–Crippen MR) is 76.3 cm³/mol. The first-order chi connectivity index (χ1) is 9.97. The zero-order valence-corrected chi connectivity index (χ0v) is 12.3. The van der Waals surface area contributed by atoms with Crippen molar-refractivity contribution in [1.82, 2.24) is 15.0 Å². The number of aryl methyl sites for hydroxylation is 1. The van der Waals surface area contributed by atoms with Gasteiger partial charge < -0.3 is 14.8 Å². The van der Waals surface area contributed by atoms with Crippen molar-refractivity contribution in [3.05, 3.63) is 29.6 Å². The summed E-state index contributed by atoms with van der Waals surface area (Å²) < 4.78 is 24.2. The van der Waals surface area contributed by atoms with E-state index in [-0.39, 0.29) is 23.9 Å². The van der Waals surface area contributed by atoms with Gasteiger partial charge in [-0.2, -0.15) is 9.97 Å². The lowest BCUT2D eigenvalue weighted by atomic mass is 10.2. The highest BCUT2D eigenvalue weighted by atomic mass is 19.1. The minimum atomic E-state index is -0.294. The molecule has 0 aliphatic carbocycles. The van der Waals surface area contributed by atoms with Crippen molar-refractivity contribution in [3.63, 3.8) is 0 Å². The molecule has 0 radical (unpaired) electrons. The van der Waals surface area contributed by atoms with E-state index >= 15 is 0 Å². The summed E-state index contributed by atoms with van der Waals surface area (Å²) in [7, 11) is 1.68. The number of hydrogen-bond donors (Lipinski definition) is 1. The zero-order chi connectivity index (χ0) is 15.4. The molecular weight excluding hydrogens is 275 g/mol. The second-order valence-electron chi connectivity index (χ2n) is 4.65. The minimum Gasteiger partial charge on any atom is -0.461 e. The fraction of sp³-hybridized carbons (Fsp3) is 0.357. The molecule has 21 heavy (non-hydrogen) atoms. The van der Waals surface area contributed by atoms with Gasteiger partial charge in [0.2, 0.25) is 5.95 Å². The van der Waals surface area contributed by atoms with Crippen molar-refractivity contribution in [2.75, 3.05) is 12.4 Å². The van der Waals surface area contributed by atoms with Crippen LogP contribution in [0.25, 0.3) is 0 Å². The SMILES string of the molecule is CNc1nc(Oc2ccc(F)c(C)c2)nc(OC(C)C)n1. The lowest BCUT2D eigenvalue weighted by Gasteiger charge is -2.10. The van der Waals surface area contributed by atoms with E-state index in [0.717, 1.165) is 0 Å². The number of halogens is 1. The maximum atomic E-state index is 13.2. The maximum absolute atomic E-state index is 13.2. The van der Waals surface area contributed by atoms with Gasteiger partial charge >= 0.3 is 12.0 Å². The number of hydrogen-bond acceptors (Lipinski definition) is 6. The molecule has 0 aliphatic heterocycles. The van der Waals surface area contributed by atoms with Crippen LogP contribution in [0.3, 0.4) is 0 Å². The molecule has 1 heterocycles. The molecule has 2 rings (SSSR count). The number of ether oxygens (including phenoxy) is 2. The molecule has 1 aromatic carbocycles. The number of rotatable bonds is 5. The highest BCUT2D eigenvalue weighted by molar-refractivity contribution is 5.32. The second-order valence-corrected chi connectivity index (χ2v) is 4.65. The van der Waals surface area contributed by atoms with Crippen LogP contribution < -0.4 is 14.8 Å². The van der Waals surface area contributed by atoms with Crippen molar-refractivity contribution in [1.29, 1.82) is 0 Å². The average molecular weight is 292 g/mol. The summed E-state index contributed by atoms with van der Waals surface area (Å²) in [5.74, 6) is 0.477. The summed E-state index contributed by atoms with van der Waals surface area (Å²) in [6.07, 6.45) is -0.0713. The quantitative estimate of drug-likeness (QED) is 0.913. The predicted octanol–water partition coefficient (Wildman–Crippen LogP) is 2.94. The highest BCUT2D eigenvalue weighted by Crippen LogP contribution is 2.22. The van der Waals surface area contributed by atoms with Gasteiger partial charge in [-0.05, 0) is 44.5 Å². The van der Waals surface area contributed by atoms with Gasteiger partial charge in [-0.15, -0.1) is 4.98 Å². The standard InChI is InChI=1S/C14H17FN4O2/c1-8(2)20-13-17-12(16-4)18-14(19-13)21-10-5-6-11(15)9(3)7-10/h5-8H,1-4H3,(H,16,17,18,19). The third-order valence-corrected chi connectivity index (χ3v) is 2.50. The Labute approximate surface area is 122 Å². The molecule has 0 atom stereocenters. The Kier molecular flexibility index (Phi) is 4.52. The molecule has 7 heteroatoms. The van der Waals surface area contributed by atoms with E-state index in [0.29, 0.717) is 17.3 Å². The lowest BCUT2D eigenvalue weighted by Crippen LogP contribution is -2.11. The number of anilines is 1. The number of nitrogens with zero attached hydrogens (tertiary/aromatic N) is 3. The van der Waals surface area contributed by atoms with Crippen LogP contribution in [-0.2, 0) is 0 Å². The van der Waals surface area contributed by atoms with Gasteiger partial charge in [-0.3, -0.25) is 0 Å². The van der Waals surface area contributed by atoms with E-state index in [1.54, 1.807) is 20.0 Å². The Morgan fingerprint density at radius 2 is 1.86 bits per heavy atom. The third-order valence-electron chi connectivity index (χ3n) is 2.50. The molecule has 6 nitrogen and oxygen atoms in total. The summed E-state index contributed by atoms with van der Waals surface area (Å²) in [6, 6.07) is 4.65. The molecule has 0 bridgehead atoms. The normalized spacial score (nSPS) is 10.6.